The normalized spacial score (nSPS) is 22.1. The zero-order chi connectivity index (χ0) is 27.5. The summed E-state index contributed by atoms with van der Waals surface area (Å²) in [6, 6.07) is 0. The first-order chi connectivity index (χ1) is 15.6. The molecule has 0 spiro atoms. The predicted octanol–water partition coefficient (Wildman–Crippen LogP) is 6.24. The Kier molecular flexibility index (Phi) is 10.5. The molecule has 1 heterocycles. The third kappa shape index (κ3) is 8.69. The van der Waals surface area contributed by atoms with Gasteiger partial charge in [0.15, 0.2) is 5.79 Å². The minimum Gasteiger partial charge on any atom is -0.463 e. The van der Waals surface area contributed by atoms with E-state index in [-0.39, 0.29) is 47.4 Å². The summed E-state index contributed by atoms with van der Waals surface area (Å²) >= 11 is 0. The number of hydrogen-bond donors (Lipinski definition) is 1. The number of carbonyl (C=O) groups excluding carboxylic acids is 1. The van der Waals surface area contributed by atoms with E-state index in [4.69, 9.17) is 18.9 Å². The molecule has 35 heavy (non-hydrogen) atoms. The fourth-order valence-electron chi connectivity index (χ4n) is 5.33. The molecule has 0 aromatic rings. The lowest BCUT2D eigenvalue weighted by molar-refractivity contribution is -0.177. The Bertz CT molecular complexity index is 682. The first-order valence-electron chi connectivity index (χ1n) is 13.3. The zero-order valence-electron chi connectivity index (χ0n) is 25.1. The summed E-state index contributed by atoms with van der Waals surface area (Å²) < 4.78 is 23.3. The molecule has 0 aromatic heterocycles. The number of rotatable bonds is 12. The lowest BCUT2D eigenvalue weighted by atomic mass is 9.49. The van der Waals surface area contributed by atoms with Crippen LogP contribution in [0.25, 0.3) is 0 Å². The smallest absolute Gasteiger partial charge is 0.312 e. The Labute approximate surface area is 215 Å². The summed E-state index contributed by atoms with van der Waals surface area (Å²) in [7, 11) is 0. The van der Waals surface area contributed by atoms with Gasteiger partial charge in [0.05, 0.1) is 31.8 Å². The second-order valence-corrected chi connectivity index (χ2v) is 14.7. The van der Waals surface area contributed by atoms with E-state index >= 15 is 0 Å². The Hall–Kier alpha value is -0.690. The van der Waals surface area contributed by atoms with Crippen LogP contribution >= 0.6 is 0 Å². The molecule has 6 nitrogen and oxygen atoms in total. The standard InChI is InChI=1S/C29H56O6/c1-24(2,3)20-29(13,23(31)33-15-14-30)27(9,10)26(7,8)16-21(25(4,5)6)17-32-18-22-19-34-28(11,12)35-22/h21-22,30H,14-20H2,1-13H3. The molecule has 1 aliphatic rings. The van der Waals surface area contributed by atoms with Gasteiger partial charge in [-0.2, -0.15) is 0 Å². The summed E-state index contributed by atoms with van der Waals surface area (Å²) in [4.78, 5) is 13.5. The van der Waals surface area contributed by atoms with Crippen LogP contribution in [-0.4, -0.2) is 56.0 Å². The second kappa shape index (κ2) is 11.4. The SMILES string of the molecule is CC(C)(C)CC(C)(C(=O)OCCO)C(C)(C)C(C)(C)CC(COCC1COC(C)(C)O1)C(C)(C)C. The van der Waals surface area contributed by atoms with Crippen molar-refractivity contribution in [3.05, 3.63) is 0 Å². The van der Waals surface area contributed by atoms with Gasteiger partial charge < -0.3 is 24.1 Å². The first-order valence-corrected chi connectivity index (χ1v) is 13.3. The molecule has 1 N–H and O–H groups in total. The van der Waals surface area contributed by atoms with Gasteiger partial charge in [-0.05, 0) is 61.2 Å². The Balaban J connectivity index is 3.12. The van der Waals surface area contributed by atoms with Crippen LogP contribution in [0.2, 0.25) is 0 Å². The molecule has 3 atom stereocenters. The van der Waals surface area contributed by atoms with Gasteiger partial charge in [-0.15, -0.1) is 0 Å². The lowest BCUT2D eigenvalue weighted by Crippen LogP contribution is -2.53. The molecule has 1 saturated heterocycles. The van der Waals surface area contributed by atoms with Gasteiger partial charge in [0, 0.05) is 0 Å². The molecular weight excluding hydrogens is 444 g/mol. The number of carbonyl (C=O) groups is 1. The van der Waals surface area contributed by atoms with E-state index < -0.39 is 16.6 Å². The predicted molar refractivity (Wildman–Crippen MR) is 141 cm³/mol. The minimum absolute atomic E-state index is 0.0251. The summed E-state index contributed by atoms with van der Waals surface area (Å²) in [5, 5.41) is 9.27. The maximum absolute atomic E-state index is 13.5. The highest BCUT2D eigenvalue weighted by Gasteiger charge is 2.57. The van der Waals surface area contributed by atoms with Crippen LogP contribution in [0, 0.1) is 33.0 Å². The summed E-state index contributed by atoms with van der Waals surface area (Å²) in [6.45, 7) is 29.6. The van der Waals surface area contributed by atoms with Crippen molar-refractivity contribution in [1.29, 1.82) is 0 Å². The van der Waals surface area contributed by atoms with Crippen molar-refractivity contribution in [2.75, 3.05) is 33.0 Å². The van der Waals surface area contributed by atoms with Crippen LogP contribution in [0.4, 0.5) is 0 Å². The monoisotopic (exact) mass is 500 g/mol. The highest BCUT2D eigenvalue weighted by molar-refractivity contribution is 5.77. The van der Waals surface area contributed by atoms with Crippen LogP contribution in [-0.2, 0) is 23.7 Å². The van der Waals surface area contributed by atoms with Gasteiger partial charge in [-0.3, -0.25) is 4.79 Å². The number of aliphatic hydroxyl groups is 1. The third-order valence-electron chi connectivity index (χ3n) is 8.40. The molecule has 1 aliphatic heterocycles. The molecule has 0 aliphatic carbocycles. The van der Waals surface area contributed by atoms with Crippen molar-refractivity contribution in [3.63, 3.8) is 0 Å². The van der Waals surface area contributed by atoms with Crippen molar-refractivity contribution >= 4 is 5.97 Å². The van der Waals surface area contributed by atoms with Crippen molar-refractivity contribution in [1.82, 2.24) is 0 Å². The van der Waals surface area contributed by atoms with Crippen LogP contribution in [0.3, 0.4) is 0 Å². The Morgan fingerprint density at radius 3 is 2.03 bits per heavy atom. The van der Waals surface area contributed by atoms with Crippen molar-refractivity contribution < 1.29 is 28.8 Å². The van der Waals surface area contributed by atoms with E-state index in [9.17, 15) is 9.90 Å². The van der Waals surface area contributed by atoms with Gasteiger partial charge in [-0.1, -0.05) is 69.2 Å². The fourth-order valence-corrected chi connectivity index (χ4v) is 5.33. The van der Waals surface area contributed by atoms with Gasteiger partial charge in [0.1, 0.15) is 12.7 Å². The van der Waals surface area contributed by atoms with Crippen LogP contribution in [0.15, 0.2) is 0 Å². The Morgan fingerprint density at radius 1 is 1.03 bits per heavy atom. The van der Waals surface area contributed by atoms with E-state index in [0.29, 0.717) is 26.2 Å². The molecular formula is C29H56O6. The first kappa shape index (κ1) is 32.3. The fraction of sp³-hybridized carbons (Fsp3) is 0.966. The number of ether oxygens (including phenoxy) is 4. The summed E-state index contributed by atoms with van der Waals surface area (Å²) in [6.07, 6.45) is 1.53. The number of esters is 1. The summed E-state index contributed by atoms with van der Waals surface area (Å²) in [5.74, 6) is -0.505. The lowest BCUT2D eigenvalue weighted by Gasteiger charge is -2.55. The number of hydrogen-bond acceptors (Lipinski definition) is 6. The van der Waals surface area contributed by atoms with Crippen molar-refractivity contribution in [2.45, 2.75) is 115 Å². The largest absolute Gasteiger partial charge is 0.463 e. The highest BCUT2D eigenvalue weighted by Crippen LogP contribution is 2.59. The van der Waals surface area contributed by atoms with E-state index in [1.165, 1.54) is 0 Å². The molecule has 0 radical (unpaired) electrons. The maximum Gasteiger partial charge on any atom is 0.312 e. The quantitative estimate of drug-likeness (QED) is 0.320. The van der Waals surface area contributed by atoms with Gasteiger partial charge >= 0.3 is 5.97 Å². The van der Waals surface area contributed by atoms with Crippen LogP contribution in [0.1, 0.15) is 103 Å². The molecule has 0 aromatic carbocycles. The minimum atomic E-state index is -0.728. The average molecular weight is 501 g/mol. The van der Waals surface area contributed by atoms with Crippen LogP contribution in [0.5, 0.6) is 0 Å². The van der Waals surface area contributed by atoms with Crippen molar-refractivity contribution in [2.24, 2.45) is 33.0 Å². The summed E-state index contributed by atoms with van der Waals surface area (Å²) in [5.41, 5.74) is -1.37. The van der Waals surface area contributed by atoms with E-state index in [0.717, 1.165) is 6.42 Å². The molecule has 0 saturated carbocycles. The molecule has 0 bridgehead atoms. The Morgan fingerprint density at radius 2 is 1.60 bits per heavy atom. The van der Waals surface area contributed by atoms with Gasteiger partial charge in [0.2, 0.25) is 0 Å². The molecule has 1 rings (SSSR count). The molecule has 0 amide bonds. The topological polar surface area (TPSA) is 74.2 Å². The molecule has 1 fully saturated rings. The maximum atomic E-state index is 13.5. The van der Waals surface area contributed by atoms with E-state index in [2.05, 4.69) is 69.2 Å². The molecule has 6 heteroatoms. The molecule has 3 unspecified atom stereocenters. The average Bonchev–Trinajstić information content (AvgIpc) is 3.01. The highest BCUT2D eigenvalue weighted by atomic mass is 16.7. The number of aliphatic hydroxyl groups excluding tert-OH is 1. The zero-order valence-corrected chi connectivity index (χ0v) is 25.1. The van der Waals surface area contributed by atoms with Gasteiger partial charge in [0.25, 0.3) is 0 Å². The molecule has 208 valence electrons. The second-order valence-electron chi connectivity index (χ2n) is 14.7. The van der Waals surface area contributed by atoms with Gasteiger partial charge in [-0.25, -0.2) is 0 Å². The van der Waals surface area contributed by atoms with Crippen LogP contribution < -0.4 is 0 Å². The third-order valence-corrected chi connectivity index (χ3v) is 8.40. The van der Waals surface area contributed by atoms with E-state index in [1.54, 1.807) is 0 Å². The van der Waals surface area contributed by atoms with Crippen molar-refractivity contribution in [3.8, 4) is 0 Å². The van der Waals surface area contributed by atoms with E-state index in [1.807, 2.05) is 20.8 Å².